The Hall–Kier alpha value is -1.49. The second-order valence-electron chi connectivity index (χ2n) is 5.22. The first-order chi connectivity index (χ1) is 9.65. The number of hydrogen-bond donors (Lipinski definition) is 2. The van der Waals surface area contributed by atoms with E-state index in [4.69, 9.17) is 5.26 Å². The number of nitriles is 1. The van der Waals surface area contributed by atoms with Crippen LogP contribution in [0, 0.1) is 23.1 Å². The second kappa shape index (κ2) is 6.52. The maximum Gasteiger partial charge on any atom is 0.242 e. The van der Waals surface area contributed by atoms with E-state index in [1.54, 1.807) is 13.0 Å². The minimum absolute atomic E-state index is 0.122. The Morgan fingerprint density at radius 1 is 1.52 bits per heavy atom. The lowest BCUT2D eigenvalue weighted by Gasteiger charge is -2.29. The molecule has 2 unspecified atom stereocenters. The van der Waals surface area contributed by atoms with Gasteiger partial charge in [0.25, 0.3) is 0 Å². The highest BCUT2D eigenvalue weighted by atomic mass is 32.2. The number of aliphatic hydroxyl groups is 1. The summed E-state index contributed by atoms with van der Waals surface area (Å²) >= 11 is 0. The molecule has 0 spiro atoms. The molecule has 21 heavy (non-hydrogen) atoms. The van der Waals surface area contributed by atoms with E-state index in [1.807, 2.05) is 6.92 Å². The van der Waals surface area contributed by atoms with Crippen LogP contribution in [-0.4, -0.2) is 25.7 Å². The zero-order valence-electron chi connectivity index (χ0n) is 12.2. The summed E-state index contributed by atoms with van der Waals surface area (Å²) in [6.07, 6.45) is 0.679. The predicted octanol–water partition coefficient (Wildman–Crippen LogP) is 1.77. The van der Waals surface area contributed by atoms with Crippen LogP contribution in [0.1, 0.15) is 32.8 Å². The van der Waals surface area contributed by atoms with E-state index >= 15 is 0 Å². The SMILES string of the molecule is CCC(C)C(C)(O)CNS(=O)(=O)c1cccc(F)c1C#N. The van der Waals surface area contributed by atoms with Crippen molar-refractivity contribution in [1.29, 1.82) is 5.26 Å². The van der Waals surface area contributed by atoms with Crippen molar-refractivity contribution in [3.05, 3.63) is 29.6 Å². The van der Waals surface area contributed by atoms with Gasteiger partial charge < -0.3 is 5.11 Å². The molecule has 0 bridgehead atoms. The molecule has 0 saturated heterocycles. The lowest BCUT2D eigenvalue weighted by molar-refractivity contribution is 0.0102. The van der Waals surface area contributed by atoms with Crippen molar-refractivity contribution in [3.8, 4) is 6.07 Å². The summed E-state index contributed by atoms with van der Waals surface area (Å²) in [4.78, 5) is -0.426. The topological polar surface area (TPSA) is 90.2 Å². The Morgan fingerprint density at radius 3 is 2.67 bits per heavy atom. The van der Waals surface area contributed by atoms with Gasteiger partial charge in [0.2, 0.25) is 10.0 Å². The third kappa shape index (κ3) is 4.00. The number of benzene rings is 1. The molecule has 0 aliphatic carbocycles. The highest BCUT2D eigenvalue weighted by Crippen LogP contribution is 2.21. The van der Waals surface area contributed by atoms with Crippen molar-refractivity contribution >= 4 is 10.0 Å². The van der Waals surface area contributed by atoms with Crippen LogP contribution >= 0.6 is 0 Å². The fourth-order valence-electron chi connectivity index (χ4n) is 1.77. The van der Waals surface area contributed by atoms with Crippen molar-refractivity contribution in [2.75, 3.05) is 6.54 Å². The van der Waals surface area contributed by atoms with Crippen LogP contribution in [0.25, 0.3) is 0 Å². The molecule has 0 saturated carbocycles. The van der Waals surface area contributed by atoms with Crippen LogP contribution in [-0.2, 0) is 10.0 Å². The fraction of sp³-hybridized carbons (Fsp3) is 0.500. The van der Waals surface area contributed by atoms with E-state index in [2.05, 4.69) is 4.72 Å². The Labute approximate surface area is 124 Å². The van der Waals surface area contributed by atoms with Crippen molar-refractivity contribution in [2.24, 2.45) is 5.92 Å². The molecule has 0 heterocycles. The van der Waals surface area contributed by atoms with Crippen LogP contribution in [0.15, 0.2) is 23.1 Å². The van der Waals surface area contributed by atoms with Crippen LogP contribution in [0.4, 0.5) is 4.39 Å². The molecular formula is C14H19FN2O3S. The molecule has 2 N–H and O–H groups in total. The van der Waals surface area contributed by atoms with Gasteiger partial charge in [0.05, 0.1) is 5.60 Å². The Kier molecular flexibility index (Phi) is 5.45. The molecule has 0 aromatic heterocycles. The molecule has 1 aromatic rings. The van der Waals surface area contributed by atoms with Crippen molar-refractivity contribution in [2.45, 2.75) is 37.7 Å². The molecule has 0 amide bonds. The zero-order valence-corrected chi connectivity index (χ0v) is 13.0. The van der Waals surface area contributed by atoms with Gasteiger partial charge in [-0.05, 0) is 25.0 Å². The van der Waals surface area contributed by atoms with Crippen LogP contribution in [0.3, 0.4) is 0 Å². The van der Waals surface area contributed by atoms with Gasteiger partial charge in [-0.1, -0.05) is 26.3 Å². The molecule has 0 radical (unpaired) electrons. The monoisotopic (exact) mass is 314 g/mol. The molecule has 0 aliphatic rings. The minimum atomic E-state index is -4.07. The van der Waals surface area contributed by atoms with E-state index in [0.29, 0.717) is 6.42 Å². The third-order valence-electron chi connectivity index (χ3n) is 3.67. The summed E-state index contributed by atoms with van der Waals surface area (Å²) in [7, 11) is -4.07. The average molecular weight is 314 g/mol. The highest BCUT2D eigenvalue weighted by Gasteiger charge is 2.30. The predicted molar refractivity (Wildman–Crippen MR) is 76.4 cm³/mol. The largest absolute Gasteiger partial charge is 0.389 e. The van der Waals surface area contributed by atoms with Crippen LogP contribution in [0.5, 0.6) is 0 Å². The second-order valence-corrected chi connectivity index (χ2v) is 6.95. The minimum Gasteiger partial charge on any atom is -0.389 e. The lowest BCUT2D eigenvalue weighted by atomic mass is 9.89. The van der Waals surface area contributed by atoms with E-state index in [9.17, 15) is 17.9 Å². The van der Waals surface area contributed by atoms with E-state index in [0.717, 1.165) is 12.1 Å². The number of halogens is 1. The molecule has 0 fully saturated rings. The molecule has 7 heteroatoms. The van der Waals surface area contributed by atoms with Gasteiger partial charge in [-0.15, -0.1) is 0 Å². The first-order valence-electron chi connectivity index (χ1n) is 6.56. The summed E-state index contributed by atoms with van der Waals surface area (Å²) in [5, 5.41) is 19.1. The maximum absolute atomic E-state index is 13.5. The first kappa shape index (κ1) is 17.6. The zero-order chi connectivity index (χ0) is 16.3. The maximum atomic E-state index is 13.5. The van der Waals surface area contributed by atoms with Gasteiger partial charge >= 0.3 is 0 Å². The molecule has 0 aliphatic heterocycles. The number of rotatable bonds is 6. The highest BCUT2D eigenvalue weighted by molar-refractivity contribution is 7.89. The summed E-state index contributed by atoms with van der Waals surface area (Å²) in [5.41, 5.74) is -1.77. The van der Waals surface area contributed by atoms with Gasteiger partial charge in [0.15, 0.2) is 0 Å². The average Bonchev–Trinajstić information content (AvgIpc) is 2.44. The van der Waals surface area contributed by atoms with Crippen molar-refractivity contribution in [3.63, 3.8) is 0 Å². The van der Waals surface area contributed by atoms with Crippen molar-refractivity contribution < 1.29 is 17.9 Å². The first-order valence-corrected chi connectivity index (χ1v) is 8.04. The molecule has 5 nitrogen and oxygen atoms in total. The van der Waals surface area contributed by atoms with E-state index in [1.165, 1.54) is 13.0 Å². The molecule has 1 rings (SSSR count). The van der Waals surface area contributed by atoms with Gasteiger partial charge in [-0.25, -0.2) is 17.5 Å². The Morgan fingerprint density at radius 2 is 2.14 bits per heavy atom. The van der Waals surface area contributed by atoms with Crippen molar-refractivity contribution in [1.82, 2.24) is 4.72 Å². The van der Waals surface area contributed by atoms with Crippen LogP contribution in [0.2, 0.25) is 0 Å². The van der Waals surface area contributed by atoms with Gasteiger partial charge in [-0.3, -0.25) is 0 Å². The summed E-state index contributed by atoms with van der Waals surface area (Å²) in [5.74, 6) is -1.02. The summed E-state index contributed by atoms with van der Waals surface area (Å²) in [6, 6.07) is 4.94. The summed E-state index contributed by atoms with van der Waals surface area (Å²) in [6.45, 7) is 5.00. The molecule has 2 atom stereocenters. The van der Waals surface area contributed by atoms with Crippen LogP contribution < -0.4 is 4.72 Å². The number of sulfonamides is 1. The number of nitrogens with zero attached hydrogens (tertiary/aromatic N) is 1. The van der Waals surface area contributed by atoms with E-state index < -0.39 is 31.9 Å². The standard InChI is InChI=1S/C14H19FN2O3S/c1-4-10(2)14(3,18)9-17-21(19,20)13-7-5-6-12(15)11(13)8-16/h5-7,10,17-18H,4,9H2,1-3H3. The van der Waals surface area contributed by atoms with E-state index in [-0.39, 0.29) is 12.5 Å². The van der Waals surface area contributed by atoms with Gasteiger partial charge in [0.1, 0.15) is 22.3 Å². The van der Waals surface area contributed by atoms with Gasteiger partial charge in [-0.2, -0.15) is 5.26 Å². The third-order valence-corrected chi connectivity index (χ3v) is 5.11. The molecular weight excluding hydrogens is 295 g/mol. The lowest BCUT2D eigenvalue weighted by Crippen LogP contribution is -2.45. The molecule has 116 valence electrons. The quantitative estimate of drug-likeness (QED) is 0.837. The Balaban J connectivity index is 3.05. The molecule has 1 aromatic carbocycles. The number of nitrogens with one attached hydrogen (secondary N) is 1. The summed E-state index contributed by atoms with van der Waals surface area (Å²) < 4.78 is 40.1. The Bertz CT molecular complexity index is 651. The smallest absolute Gasteiger partial charge is 0.242 e. The van der Waals surface area contributed by atoms with Gasteiger partial charge in [0, 0.05) is 6.54 Å². The normalized spacial score (nSPS) is 16.0. The fourth-order valence-corrected chi connectivity index (χ4v) is 3.08. The number of hydrogen-bond acceptors (Lipinski definition) is 4.